The Labute approximate surface area is 387 Å². The summed E-state index contributed by atoms with van der Waals surface area (Å²) in [5, 5.41) is 34.8. The molecule has 1 amide bonds. The zero-order valence-corrected chi connectivity index (χ0v) is 39.2. The number of aromatic nitrogens is 6. The van der Waals surface area contributed by atoms with Crippen LogP contribution in [0, 0.1) is 0 Å². The number of nitrogens with two attached hydrogens (primary N) is 1. The number of rotatable bonds is 18. The van der Waals surface area contributed by atoms with Crippen LogP contribution in [-0.4, -0.2) is 118 Å². The van der Waals surface area contributed by atoms with E-state index in [0.717, 1.165) is 20.8 Å². The molecule has 0 unspecified atom stereocenters. The molecule has 21 heteroatoms. The molecule has 7 rings (SSSR count). The highest BCUT2D eigenvalue weighted by Crippen LogP contribution is 2.43. The Morgan fingerprint density at radius 3 is 1.87 bits per heavy atom. The highest BCUT2D eigenvalue weighted by molar-refractivity contribution is 7.93. The van der Waals surface area contributed by atoms with Gasteiger partial charge >= 0.3 is 6.09 Å². The van der Waals surface area contributed by atoms with E-state index >= 15 is 8.42 Å². The third-order valence-electron chi connectivity index (χ3n) is 10.9. The Kier molecular flexibility index (Phi) is 13.9. The second kappa shape index (κ2) is 19.4. The standard InChI is InChI=1S/C46H51N9O10S2/c1-46(2,3)54(45(57)58)27-32(56)28-66(59,60)39-23-22-36(37-8-7-9-38-41(37)49-44(47)48-38)40(43-50-52-55(51-43)26-31-14-20-35(65-6)21-15-31)42(39)67(61,62)53(24-29-10-16-33(63-4)17-11-29)25-30-12-18-34(64-5)19-13-30/h7-23,32,56H,24-28H2,1-6H3,(H,57,58)(H3,47,48,49)/t32-/m1/s1. The van der Waals surface area contributed by atoms with Crippen molar-refractivity contribution < 1.29 is 46.1 Å². The van der Waals surface area contributed by atoms with E-state index in [9.17, 15) is 23.4 Å². The molecule has 5 aromatic carbocycles. The maximum atomic E-state index is 16.1. The highest BCUT2D eigenvalue weighted by Gasteiger charge is 2.39. The molecular formula is C46H51N9O10S2. The molecule has 7 aromatic rings. The van der Waals surface area contributed by atoms with Gasteiger partial charge < -0.3 is 40.0 Å². The molecule has 0 bridgehead atoms. The van der Waals surface area contributed by atoms with Gasteiger partial charge in [0.25, 0.3) is 0 Å². The van der Waals surface area contributed by atoms with Gasteiger partial charge in [-0.1, -0.05) is 54.6 Å². The highest BCUT2D eigenvalue weighted by atomic mass is 32.2. The van der Waals surface area contributed by atoms with Crippen LogP contribution in [0.15, 0.2) is 113 Å². The topological polar surface area (TPSA) is 258 Å². The van der Waals surface area contributed by atoms with Crippen LogP contribution in [-0.2, 0) is 39.5 Å². The lowest BCUT2D eigenvalue weighted by molar-refractivity contribution is 0.0630. The molecular weight excluding hydrogens is 903 g/mol. The van der Waals surface area contributed by atoms with E-state index in [1.165, 1.54) is 25.1 Å². The van der Waals surface area contributed by atoms with Gasteiger partial charge in [0.15, 0.2) is 15.8 Å². The van der Waals surface area contributed by atoms with E-state index in [1.807, 2.05) is 0 Å². The molecule has 0 fully saturated rings. The van der Waals surface area contributed by atoms with E-state index < -0.39 is 59.7 Å². The Morgan fingerprint density at radius 1 is 0.791 bits per heavy atom. The van der Waals surface area contributed by atoms with E-state index in [-0.39, 0.29) is 42.5 Å². The normalized spacial score (nSPS) is 12.6. The third-order valence-corrected chi connectivity index (χ3v) is 14.8. The number of nitrogen functional groups attached to an aromatic ring is 1. The number of nitrogens with one attached hydrogen (secondary N) is 1. The van der Waals surface area contributed by atoms with Crippen molar-refractivity contribution >= 4 is 42.9 Å². The van der Waals surface area contributed by atoms with E-state index in [1.54, 1.807) is 119 Å². The summed E-state index contributed by atoms with van der Waals surface area (Å²) in [6, 6.07) is 28.3. The maximum Gasteiger partial charge on any atom is 0.407 e. The van der Waals surface area contributed by atoms with Crippen molar-refractivity contribution in [3.05, 3.63) is 120 Å². The summed E-state index contributed by atoms with van der Waals surface area (Å²) in [5.41, 5.74) is 8.05. The van der Waals surface area contributed by atoms with Crippen molar-refractivity contribution in [2.75, 3.05) is 39.4 Å². The minimum Gasteiger partial charge on any atom is -0.497 e. The Hall–Kier alpha value is -7.07. The number of nitrogens with zero attached hydrogens (tertiary/aromatic N) is 7. The number of sulfone groups is 1. The van der Waals surface area contributed by atoms with Gasteiger partial charge in [-0.3, -0.25) is 0 Å². The summed E-state index contributed by atoms with van der Waals surface area (Å²) in [4.78, 5) is 20.5. The number of anilines is 1. The van der Waals surface area contributed by atoms with E-state index in [0.29, 0.717) is 45.0 Å². The number of hydrogen-bond acceptors (Lipinski definition) is 14. The lowest BCUT2D eigenvalue weighted by atomic mass is 9.98. The molecule has 67 heavy (non-hydrogen) atoms. The number of benzene rings is 5. The van der Waals surface area contributed by atoms with Crippen LogP contribution in [0.5, 0.6) is 17.2 Å². The number of fused-ring (bicyclic) bond motifs is 1. The molecule has 19 nitrogen and oxygen atoms in total. The molecule has 0 aliphatic carbocycles. The third kappa shape index (κ3) is 10.6. The van der Waals surface area contributed by atoms with Gasteiger partial charge in [0.05, 0.1) is 67.8 Å². The first-order chi connectivity index (χ1) is 31.8. The Morgan fingerprint density at radius 2 is 1.34 bits per heavy atom. The molecule has 2 heterocycles. The van der Waals surface area contributed by atoms with Crippen molar-refractivity contribution in [3.8, 4) is 39.8 Å². The van der Waals surface area contributed by atoms with E-state index in [2.05, 4.69) is 25.4 Å². The molecule has 352 valence electrons. The fourth-order valence-corrected chi connectivity index (χ4v) is 11.4. The molecule has 0 aliphatic heterocycles. The van der Waals surface area contributed by atoms with Crippen molar-refractivity contribution in [2.45, 2.75) is 61.8 Å². The van der Waals surface area contributed by atoms with Crippen LogP contribution >= 0.6 is 0 Å². The first-order valence-corrected chi connectivity index (χ1v) is 23.9. The van der Waals surface area contributed by atoms with Gasteiger partial charge in [-0.15, -0.1) is 10.2 Å². The average Bonchev–Trinajstić information content (AvgIpc) is 3.93. The zero-order chi connectivity index (χ0) is 48.3. The van der Waals surface area contributed by atoms with Gasteiger partial charge in [-0.05, 0) is 96.8 Å². The van der Waals surface area contributed by atoms with Gasteiger partial charge in [0, 0.05) is 24.2 Å². The number of para-hydroxylation sites is 1. The predicted molar refractivity (Wildman–Crippen MR) is 250 cm³/mol. The number of aliphatic hydroxyl groups is 1. The molecule has 0 aliphatic rings. The van der Waals surface area contributed by atoms with Gasteiger partial charge in [-0.25, -0.2) is 26.6 Å². The van der Waals surface area contributed by atoms with Crippen molar-refractivity contribution in [1.29, 1.82) is 0 Å². The summed E-state index contributed by atoms with van der Waals surface area (Å²) in [7, 11) is -5.33. The van der Waals surface area contributed by atoms with Crippen LogP contribution < -0.4 is 19.9 Å². The van der Waals surface area contributed by atoms with Crippen molar-refractivity contribution in [2.24, 2.45) is 0 Å². The molecule has 2 aromatic heterocycles. The lowest BCUT2D eigenvalue weighted by Crippen LogP contribution is -2.49. The number of hydrogen-bond donors (Lipinski definition) is 4. The molecule has 0 saturated heterocycles. The number of methoxy groups -OCH3 is 3. The Bertz CT molecular complexity index is 3050. The summed E-state index contributed by atoms with van der Waals surface area (Å²) in [5.74, 6) is 0.437. The first kappa shape index (κ1) is 47.9. The molecule has 0 spiro atoms. The van der Waals surface area contributed by atoms with E-state index in [4.69, 9.17) is 19.9 Å². The number of imidazole rings is 1. The van der Waals surface area contributed by atoms with Crippen molar-refractivity contribution in [3.63, 3.8) is 0 Å². The SMILES string of the molecule is COc1ccc(CN(Cc2ccc(OC)cc2)S(=O)(=O)c2c(S(=O)(=O)C[C@H](O)CN(C(=O)O)C(C)(C)C)ccc(-c3cccc4[nH]c(N)nc34)c2-c2nnn(Cc3ccc(OC)cc3)n2)cc1. The maximum absolute atomic E-state index is 16.1. The molecule has 5 N–H and O–H groups in total. The van der Waals surface area contributed by atoms with Crippen molar-refractivity contribution in [1.82, 2.24) is 39.4 Å². The summed E-state index contributed by atoms with van der Waals surface area (Å²) >= 11 is 0. The van der Waals surface area contributed by atoms with Crippen LogP contribution in [0.2, 0.25) is 0 Å². The second-order valence-corrected chi connectivity index (χ2v) is 20.5. The predicted octanol–water partition coefficient (Wildman–Crippen LogP) is 5.84. The average molecular weight is 954 g/mol. The molecule has 1 atom stereocenters. The number of carboxylic acid groups (broad SMARTS) is 1. The van der Waals surface area contributed by atoms with Crippen LogP contribution in [0.1, 0.15) is 37.5 Å². The zero-order valence-electron chi connectivity index (χ0n) is 37.6. The van der Waals surface area contributed by atoms with Gasteiger partial charge in [0.1, 0.15) is 22.1 Å². The largest absolute Gasteiger partial charge is 0.497 e. The fourth-order valence-electron chi connectivity index (χ4n) is 7.55. The molecule has 0 radical (unpaired) electrons. The fraction of sp³-hybridized carbons (Fsp3) is 0.283. The second-order valence-electron chi connectivity index (χ2n) is 16.6. The minimum atomic E-state index is -5.03. The summed E-state index contributed by atoms with van der Waals surface area (Å²) in [6.45, 7) is 3.76. The quantitative estimate of drug-likeness (QED) is 0.0787. The number of sulfonamides is 1. The van der Waals surface area contributed by atoms with Crippen LogP contribution in [0.3, 0.4) is 0 Å². The number of aliphatic hydroxyl groups excluding tert-OH is 1. The number of carbonyl (C=O) groups is 1. The Balaban J connectivity index is 1.50. The minimum absolute atomic E-state index is 0.0735. The first-order valence-electron chi connectivity index (χ1n) is 20.8. The van der Waals surface area contributed by atoms with Gasteiger partial charge in [0.2, 0.25) is 15.8 Å². The van der Waals surface area contributed by atoms with Gasteiger partial charge in [-0.2, -0.15) is 9.10 Å². The number of amides is 1. The number of ether oxygens (including phenoxy) is 3. The van der Waals surface area contributed by atoms with Crippen LogP contribution in [0.4, 0.5) is 10.7 Å². The van der Waals surface area contributed by atoms with Crippen LogP contribution in [0.25, 0.3) is 33.5 Å². The number of tetrazole rings is 1. The number of aromatic amines is 1. The number of H-pyrrole nitrogens is 1. The lowest BCUT2D eigenvalue weighted by Gasteiger charge is -2.34. The summed E-state index contributed by atoms with van der Waals surface area (Å²) in [6.07, 6.45) is -3.18. The number of β-amino-alcohol motifs (C(OH)–C–C–N with tert-alkyl or cyclic N) is 1. The monoisotopic (exact) mass is 953 g/mol. The molecule has 0 saturated carbocycles. The summed E-state index contributed by atoms with van der Waals surface area (Å²) < 4.78 is 79.3. The smallest absolute Gasteiger partial charge is 0.407 e.